The Hall–Kier alpha value is -2.25. The summed E-state index contributed by atoms with van der Waals surface area (Å²) in [6, 6.07) is 7.56. The third-order valence-corrected chi connectivity index (χ3v) is 3.27. The fourth-order valence-corrected chi connectivity index (χ4v) is 2.29. The number of nitrogens with one attached hydrogen (secondary N) is 2. The van der Waals surface area contributed by atoms with E-state index in [0.29, 0.717) is 25.3 Å². The lowest BCUT2D eigenvalue weighted by Crippen LogP contribution is -2.43. The molecule has 1 atom stereocenters. The van der Waals surface area contributed by atoms with Crippen LogP contribution >= 0.6 is 0 Å². The molecule has 7 nitrogen and oxygen atoms in total. The average Bonchev–Trinajstić information content (AvgIpc) is 3.03. The van der Waals surface area contributed by atoms with Gasteiger partial charge in [-0.2, -0.15) is 5.10 Å². The molecule has 1 aromatic heterocycles. The van der Waals surface area contributed by atoms with Gasteiger partial charge in [0.15, 0.2) is 0 Å². The number of hydrogen-bond acceptors (Lipinski definition) is 5. The zero-order valence-electron chi connectivity index (χ0n) is 11.5. The smallest absolute Gasteiger partial charge is 0.226 e. The molecule has 1 amide bonds. The zero-order valence-corrected chi connectivity index (χ0v) is 11.5. The number of aromatic nitrogens is 3. The number of benzene rings is 1. The molecule has 1 aliphatic heterocycles. The van der Waals surface area contributed by atoms with Crippen LogP contribution in [0.1, 0.15) is 6.42 Å². The maximum absolute atomic E-state index is 12.2. The lowest BCUT2D eigenvalue weighted by molar-refractivity contribution is -0.117. The van der Waals surface area contributed by atoms with E-state index in [1.807, 2.05) is 24.3 Å². The fraction of sp³-hybridized carbons (Fsp3) is 0.357. The second-order valence-corrected chi connectivity index (χ2v) is 4.84. The number of rotatable bonds is 4. The maximum atomic E-state index is 12.2. The Kier molecular flexibility index (Phi) is 4.23. The fourth-order valence-electron chi connectivity index (χ4n) is 2.29. The van der Waals surface area contributed by atoms with Crippen LogP contribution in [0.15, 0.2) is 36.9 Å². The first-order valence-electron chi connectivity index (χ1n) is 6.88. The summed E-state index contributed by atoms with van der Waals surface area (Å²) in [6.45, 7) is 2.05. The van der Waals surface area contributed by atoms with Crippen molar-refractivity contribution >= 4 is 11.6 Å². The summed E-state index contributed by atoms with van der Waals surface area (Å²) in [5.74, 6) is -0.0504. The third-order valence-electron chi connectivity index (χ3n) is 3.27. The number of ether oxygens (including phenoxy) is 1. The molecule has 0 saturated carbocycles. The Balaban J connectivity index is 1.68. The lowest BCUT2D eigenvalue weighted by atomic mass is 10.2. The van der Waals surface area contributed by atoms with E-state index in [1.165, 1.54) is 6.33 Å². The van der Waals surface area contributed by atoms with Gasteiger partial charge < -0.3 is 15.4 Å². The molecule has 110 valence electrons. The highest BCUT2D eigenvalue weighted by Crippen LogP contribution is 2.19. The van der Waals surface area contributed by atoms with Crippen molar-refractivity contribution in [1.29, 1.82) is 0 Å². The van der Waals surface area contributed by atoms with Gasteiger partial charge in [0.05, 0.1) is 24.6 Å². The van der Waals surface area contributed by atoms with Crippen LogP contribution in [-0.2, 0) is 9.53 Å². The van der Waals surface area contributed by atoms with Crippen LogP contribution < -0.4 is 10.6 Å². The topological polar surface area (TPSA) is 81.1 Å². The number of nitrogens with zero attached hydrogens (tertiary/aromatic N) is 3. The number of para-hydroxylation sites is 2. The van der Waals surface area contributed by atoms with Crippen LogP contribution in [0.25, 0.3) is 5.69 Å². The van der Waals surface area contributed by atoms with Gasteiger partial charge >= 0.3 is 0 Å². The van der Waals surface area contributed by atoms with Crippen LogP contribution in [0.4, 0.5) is 5.69 Å². The number of anilines is 1. The summed E-state index contributed by atoms with van der Waals surface area (Å²) in [5, 5.41) is 10.3. The molecule has 21 heavy (non-hydrogen) atoms. The first-order chi connectivity index (χ1) is 10.3. The third kappa shape index (κ3) is 3.45. The van der Waals surface area contributed by atoms with Crippen LogP contribution in [0, 0.1) is 0 Å². The van der Waals surface area contributed by atoms with Gasteiger partial charge in [0.2, 0.25) is 5.91 Å². The van der Waals surface area contributed by atoms with Crippen molar-refractivity contribution in [1.82, 2.24) is 20.1 Å². The number of morpholine rings is 1. The molecule has 2 heterocycles. The number of carbonyl (C=O) groups excluding carboxylic acids is 1. The summed E-state index contributed by atoms with van der Waals surface area (Å²) in [6.07, 6.45) is 3.44. The van der Waals surface area contributed by atoms with Gasteiger partial charge in [-0.15, -0.1) is 0 Å². The van der Waals surface area contributed by atoms with Gasteiger partial charge in [-0.25, -0.2) is 9.67 Å². The van der Waals surface area contributed by atoms with Crippen molar-refractivity contribution in [2.45, 2.75) is 12.5 Å². The van der Waals surface area contributed by atoms with Crippen LogP contribution in [-0.4, -0.2) is 46.5 Å². The molecule has 0 bridgehead atoms. The van der Waals surface area contributed by atoms with Crippen LogP contribution in [0.3, 0.4) is 0 Å². The number of hydrogen-bond donors (Lipinski definition) is 2. The van der Waals surface area contributed by atoms with Crippen molar-refractivity contribution in [3.8, 4) is 5.69 Å². The second kappa shape index (κ2) is 6.47. The van der Waals surface area contributed by atoms with E-state index in [4.69, 9.17) is 4.74 Å². The highest BCUT2D eigenvalue weighted by molar-refractivity contribution is 5.93. The molecule has 2 aromatic rings. The molecule has 1 saturated heterocycles. The molecule has 2 N–H and O–H groups in total. The van der Waals surface area contributed by atoms with Crippen LogP contribution in [0.2, 0.25) is 0 Å². The van der Waals surface area contributed by atoms with E-state index in [1.54, 1.807) is 11.0 Å². The van der Waals surface area contributed by atoms with Gasteiger partial charge in [-0.1, -0.05) is 12.1 Å². The van der Waals surface area contributed by atoms with Crippen LogP contribution in [0.5, 0.6) is 0 Å². The molecule has 1 aromatic carbocycles. The highest BCUT2D eigenvalue weighted by Gasteiger charge is 2.17. The maximum Gasteiger partial charge on any atom is 0.226 e. The lowest BCUT2D eigenvalue weighted by Gasteiger charge is -2.23. The SMILES string of the molecule is O=C(CC1COCCN1)Nc1ccccc1-n1cncn1. The first kappa shape index (κ1) is 13.7. The predicted octanol–water partition coefficient (Wildman–Crippen LogP) is 0.584. The van der Waals surface area contributed by atoms with Gasteiger partial charge in [-0.3, -0.25) is 4.79 Å². The Morgan fingerprint density at radius 1 is 1.48 bits per heavy atom. The summed E-state index contributed by atoms with van der Waals surface area (Å²) in [7, 11) is 0. The molecule has 0 radical (unpaired) electrons. The van der Waals surface area contributed by atoms with E-state index in [9.17, 15) is 4.79 Å². The van der Waals surface area contributed by atoms with Crippen molar-refractivity contribution in [3.05, 3.63) is 36.9 Å². The Morgan fingerprint density at radius 2 is 2.38 bits per heavy atom. The molecule has 7 heteroatoms. The van der Waals surface area contributed by atoms with Gasteiger partial charge in [-0.05, 0) is 12.1 Å². The molecule has 0 spiro atoms. The van der Waals surface area contributed by atoms with Crippen molar-refractivity contribution in [3.63, 3.8) is 0 Å². The van der Waals surface area contributed by atoms with Gasteiger partial charge in [0.1, 0.15) is 12.7 Å². The van der Waals surface area contributed by atoms with Crippen molar-refractivity contribution in [2.24, 2.45) is 0 Å². The zero-order chi connectivity index (χ0) is 14.5. The second-order valence-electron chi connectivity index (χ2n) is 4.84. The molecule has 1 fully saturated rings. The monoisotopic (exact) mass is 287 g/mol. The molecule has 3 rings (SSSR count). The quantitative estimate of drug-likeness (QED) is 0.860. The molecule has 1 unspecified atom stereocenters. The number of carbonyl (C=O) groups is 1. The largest absolute Gasteiger partial charge is 0.378 e. The van der Waals surface area contributed by atoms with E-state index in [2.05, 4.69) is 20.7 Å². The van der Waals surface area contributed by atoms with E-state index >= 15 is 0 Å². The number of amides is 1. The minimum atomic E-state index is -0.0504. The molecular formula is C14H17N5O2. The normalized spacial score (nSPS) is 18.4. The predicted molar refractivity (Wildman–Crippen MR) is 77.2 cm³/mol. The Labute approximate surface area is 122 Å². The van der Waals surface area contributed by atoms with E-state index in [0.717, 1.165) is 12.2 Å². The first-order valence-corrected chi connectivity index (χ1v) is 6.88. The standard InChI is InChI=1S/C14H17N5O2/c20-14(7-11-8-21-6-5-16-11)18-12-3-1-2-4-13(12)19-10-15-9-17-19/h1-4,9-11,16H,5-8H2,(H,18,20). The van der Waals surface area contributed by atoms with Gasteiger partial charge in [0, 0.05) is 19.0 Å². The average molecular weight is 287 g/mol. The van der Waals surface area contributed by atoms with E-state index < -0.39 is 0 Å². The molecular weight excluding hydrogens is 270 g/mol. The summed E-state index contributed by atoms with van der Waals surface area (Å²) >= 11 is 0. The van der Waals surface area contributed by atoms with Crippen molar-refractivity contribution < 1.29 is 9.53 Å². The summed E-state index contributed by atoms with van der Waals surface area (Å²) in [4.78, 5) is 16.1. The van der Waals surface area contributed by atoms with Crippen molar-refractivity contribution in [2.75, 3.05) is 25.1 Å². The molecule has 0 aliphatic carbocycles. The minimum Gasteiger partial charge on any atom is -0.378 e. The summed E-state index contributed by atoms with van der Waals surface area (Å²) in [5.41, 5.74) is 1.50. The Morgan fingerprint density at radius 3 is 3.14 bits per heavy atom. The van der Waals surface area contributed by atoms with Gasteiger partial charge in [0.25, 0.3) is 0 Å². The molecule has 1 aliphatic rings. The van der Waals surface area contributed by atoms with E-state index in [-0.39, 0.29) is 11.9 Å². The Bertz CT molecular complexity index is 593. The summed E-state index contributed by atoms with van der Waals surface area (Å²) < 4.78 is 6.97. The minimum absolute atomic E-state index is 0.0504. The highest BCUT2D eigenvalue weighted by atomic mass is 16.5.